The zero-order valence-corrected chi connectivity index (χ0v) is 11.7. The van der Waals surface area contributed by atoms with Gasteiger partial charge in [0, 0.05) is 6.42 Å². The van der Waals surface area contributed by atoms with E-state index in [1.165, 1.54) is 0 Å². The van der Waals surface area contributed by atoms with E-state index >= 15 is 0 Å². The highest BCUT2D eigenvalue weighted by Crippen LogP contribution is 2.34. The van der Waals surface area contributed by atoms with Crippen LogP contribution in [0.15, 0.2) is 65.3 Å². The SMILES string of the molecule is CC(Cc1ccco1)(C(=O)O)c1cccc2ccccc12. The Bertz CT molecular complexity index is 769. The summed E-state index contributed by atoms with van der Waals surface area (Å²) in [6.45, 7) is 1.75. The number of carboxylic acid groups (broad SMARTS) is 1. The number of fused-ring (bicyclic) bond motifs is 1. The lowest BCUT2D eigenvalue weighted by Crippen LogP contribution is -2.35. The van der Waals surface area contributed by atoms with E-state index in [9.17, 15) is 9.90 Å². The van der Waals surface area contributed by atoms with Crippen molar-refractivity contribution in [3.8, 4) is 0 Å². The quantitative estimate of drug-likeness (QED) is 0.785. The van der Waals surface area contributed by atoms with Crippen molar-refractivity contribution in [2.75, 3.05) is 0 Å². The molecule has 1 heterocycles. The maximum Gasteiger partial charge on any atom is 0.314 e. The number of carbonyl (C=O) groups is 1. The van der Waals surface area contributed by atoms with E-state index in [4.69, 9.17) is 4.42 Å². The van der Waals surface area contributed by atoms with E-state index < -0.39 is 11.4 Å². The lowest BCUT2D eigenvalue weighted by atomic mass is 9.76. The third-order valence-electron chi connectivity index (χ3n) is 3.96. The average molecular weight is 280 g/mol. The van der Waals surface area contributed by atoms with Gasteiger partial charge < -0.3 is 9.52 Å². The van der Waals surface area contributed by atoms with Gasteiger partial charge in [0.15, 0.2) is 0 Å². The lowest BCUT2D eigenvalue weighted by Gasteiger charge is -2.26. The molecule has 0 aliphatic heterocycles. The molecule has 0 fully saturated rings. The second kappa shape index (κ2) is 5.09. The van der Waals surface area contributed by atoms with Gasteiger partial charge in [0.05, 0.1) is 11.7 Å². The number of furan rings is 1. The minimum absolute atomic E-state index is 0.323. The molecule has 0 amide bonds. The molecule has 2 aromatic carbocycles. The Labute approximate surface area is 122 Å². The Kier molecular flexibility index (Phi) is 3.26. The van der Waals surface area contributed by atoms with E-state index in [-0.39, 0.29) is 0 Å². The van der Waals surface area contributed by atoms with Crippen molar-refractivity contribution in [2.45, 2.75) is 18.8 Å². The minimum Gasteiger partial charge on any atom is -0.481 e. The van der Waals surface area contributed by atoms with E-state index in [2.05, 4.69) is 0 Å². The fourth-order valence-corrected chi connectivity index (χ4v) is 2.75. The first-order valence-corrected chi connectivity index (χ1v) is 6.85. The molecule has 1 unspecified atom stereocenters. The molecule has 3 heteroatoms. The first-order valence-electron chi connectivity index (χ1n) is 6.85. The van der Waals surface area contributed by atoms with Crippen LogP contribution in [0.2, 0.25) is 0 Å². The first-order chi connectivity index (χ1) is 10.1. The summed E-state index contributed by atoms with van der Waals surface area (Å²) >= 11 is 0. The van der Waals surface area contributed by atoms with E-state index in [1.54, 1.807) is 19.3 Å². The zero-order valence-electron chi connectivity index (χ0n) is 11.7. The zero-order chi connectivity index (χ0) is 14.9. The summed E-state index contributed by atoms with van der Waals surface area (Å²) in [5, 5.41) is 11.8. The summed E-state index contributed by atoms with van der Waals surface area (Å²) in [7, 11) is 0. The minimum atomic E-state index is -1.03. The van der Waals surface area contributed by atoms with Crippen LogP contribution in [0.1, 0.15) is 18.2 Å². The van der Waals surface area contributed by atoms with Crippen LogP contribution in [0.25, 0.3) is 10.8 Å². The molecule has 3 nitrogen and oxygen atoms in total. The summed E-state index contributed by atoms with van der Waals surface area (Å²) in [6, 6.07) is 17.2. The molecule has 0 aliphatic carbocycles. The monoisotopic (exact) mass is 280 g/mol. The van der Waals surface area contributed by atoms with Crippen molar-refractivity contribution in [3.63, 3.8) is 0 Å². The predicted octanol–water partition coefficient (Wildman–Crippen LogP) is 4.02. The molecule has 0 aliphatic rings. The van der Waals surface area contributed by atoms with Crippen molar-refractivity contribution < 1.29 is 14.3 Å². The van der Waals surface area contributed by atoms with Crippen LogP contribution in [0.5, 0.6) is 0 Å². The maximum atomic E-state index is 11.9. The van der Waals surface area contributed by atoms with Crippen LogP contribution < -0.4 is 0 Å². The Balaban J connectivity index is 2.18. The van der Waals surface area contributed by atoms with Gasteiger partial charge in [-0.2, -0.15) is 0 Å². The standard InChI is InChI=1S/C18H16O3/c1-18(17(19)20,12-14-8-5-11-21-14)16-10-4-7-13-6-2-3-9-15(13)16/h2-11H,12H2,1H3,(H,19,20). The van der Waals surface area contributed by atoms with Gasteiger partial charge in [-0.3, -0.25) is 4.79 Å². The van der Waals surface area contributed by atoms with Crippen molar-refractivity contribution in [2.24, 2.45) is 0 Å². The second-order valence-corrected chi connectivity index (χ2v) is 5.42. The van der Waals surface area contributed by atoms with Crippen LogP contribution >= 0.6 is 0 Å². The summed E-state index contributed by atoms with van der Waals surface area (Å²) in [5.41, 5.74) is -0.219. The molecule has 1 N–H and O–H groups in total. The predicted molar refractivity (Wildman–Crippen MR) is 81.3 cm³/mol. The van der Waals surface area contributed by atoms with Crippen molar-refractivity contribution in [1.29, 1.82) is 0 Å². The average Bonchev–Trinajstić information content (AvgIpc) is 2.99. The van der Waals surface area contributed by atoms with Gasteiger partial charge in [0.2, 0.25) is 0 Å². The largest absolute Gasteiger partial charge is 0.481 e. The summed E-state index contributed by atoms with van der Waals surface area (Å²) < 4.78 is 5.35. The smallest absolute Gasteiger partial charge is 0.314 e. The van der Waals surface area contributed by atoms with E-state index in [0.29, 0.717) is 12.2 Å². The molecule has 0 saturated carbocycles. The van der Waals surface area contributed by atoms with Gasteiger partial charge in [0.1, 0.15) is 5.76 Å². The number of aliphatic carboxylic acids is 1. The summed E-state index contributed by atoms with van der Waals surface area (Å²) in [5.74, 6) is -0.178. The van der Waals surface area contributed by atoms with Gasteiger partial charge in [-0.25, -0.2) is 0 Å². The maximum absolute atomic E-state index is 11.9. The van der Waals surface area contributed by atoms with Crippen LogP contribution in [-0.2, 0) is 16.6 Å². The van der Waals surface area contributed by atoms with Crippen LogP contribution in [0.4, 0.5) is 0 Å². The molecule has 0 spiro atoms. The molecular weight excluding hydrogens is 264 g/mol. The van der Waals surface area contributed by atoms with Crippen molar-refractivity contribution in [1.82, 2.24) is 0 Å². The Morgan fingerprint density at radius 1 is 1.10 bits per heavy atom. The Hall–Kier alpha value is -2.55. The molecule has 0 bridgehead atoms. The number of hydrogen-bond acceptors (Lipinski definition) is 2. The van der Waals surface area contributed by atoms with Crippen LogP contribution in [0.3, 0.4) is 0 Å². The Morgan fingerprint density at radius 3 is 2.57 bits per heavy atom. The third-order valence-corrected chi connectivity index (χ3v) is 3.96. The highest BCUT2D eigenvalue weighted by atomic mass is 16.4. The number of rotatable bonds is 4. The molecule has 3 aromatic rings. The molecule has 3 rings (SSSR count). The molecule has 1 aromatic heterocycles. The summed E-state index contributed by atoms with van der Waals surface area (Å²) in [4.78, 5) is 11.9. The van der Waals surface area contributed by atoms with Gasteiger partial charge in [0.25, 0.3) is 0 Å². The fraction of sp³-hybridized carbons (Fsp3) is 0.167. The van der Waals surface area contributed by atoms with Gasteiger partial charge in [-0.1, -0.05) is 42.5 Å². The summed E-state index contributed by atoms with van der Waals surface area (Å²) in [6.07, 6.45) is 1.89. The molecule has 106 valence electrons. The van der Waals surface area contributed by atoms with Crippen LogP contribution in [0, 0.1) is 0 Å². The van der Waals surface area contributed by atoms with Gasteiger partial charge >= 0.3 is 5.97 Å². The molecule has 0 radical (unpaired) electrons. The van der Waals surface area contributed by atoms with E-state index in [0.717, 1.165) is 16.3 Å². The highest BCUT2D eigenvalue weighted by molar-refractivity contribution is 5.93. The van der Waals surface area contributed by atoms with Crippen molar-refractivity contribution >= 4 is 16.7 Å². The Morgan fingerprint density at radius 2 is 1.86 bits per heavy atom. The first kappa shape index (κ1) is 13.4. The van der Waals surface area contributed by atoms with Crippen molar-refractivity contribution in [3.05, 3.63) is 72.2 Å². The molecule has 1 atom stereocenters. The number of carboxylic acids is 1. The number of hydrogen-bond donors (Lipinski definition) is 1. The third kappa shape index (κ3) is 2.31. The van der Waals surface area contributed by atoms with Gasteiger partial charge in [-0.15, -0.1) is 0 Å². The molecule has 21 heavy (non-hydrogen) atoms. The lowest BCUT2D eigenvalue weighted by molar-refractivity contribution is -0.143. The normalized spacial score (nSPS) is 14.0. The van der Waals surface area contributed by atoms with Gasteiger partial charge in [-0.05, 0) is 35.4 Å². The number of benzene rings is 2. The highest BCUT2D eigenvalue weighted by Gasteiger charge is 2.37. The fourth-order valence-electron chi connectivity index (χ4n) is 2.75. The second-order valence-electron chi connectivity index (χ2n) is 5.42. The van der Waals surface area contributed by atoms with Crippen LogP contribution in [-0.4, -0.2) is 11.1 Å². The molecular formula is C18H16O3. The van der Waals surface area contributed by atoms with E-state index in [1.807, 2.05) is 48.5 Å². The molecule has 0 saturated heterocycles. The topological polar surface area (TPSA) is 50.4 Å².